The SMILES string of the molecule is CCCCN(CCCC)C(C)[O]. The molecule has 0 aromatic carbocycles. The van der Waals surface area contributed by atoms with Crippen LogP contribution in [0.2, 0.25) is 0 Å². The molecular weight excluding hydrogens is 150 g/mol. The largest absolute Gasteiger partial charge is 0.276 e. The molecule has 2 heteroatoms. The Bertz CT molecular complexity index is 85.8. The summed E-state index contributed by atoms with van der Waals surface area (Å²) in [6, 6.07) is 0. The molecule has 1 atom stereocenters. The third-order valence-electron chi connectivity index (χ3n) is 2.11. The van der Waals surface area contributed by atoms with Crippen LogP contribution in [0.1, 0.15) is 46.5 Å². The van der Waals surface area contributed by atoms with Crippen molar-refractivity contribution in [2.24, 2.45) is 0 Å². The lowest BCUT2D eigenvalue weighted by molar-refractivity contribution is -0.0357. The highest BCUT2D eigenvalue weighted by molar-refractivity contribution is 4.57. The van der Waals surface area contributed by atoms with E-state index in [0.29, 0.717) is 0 Å². The molecule has 0 fully saturated rings. The van der Waals surface area contributed by atoms with Gasteiger partial charge in [-0.3, -0.25) is 4.90 Å². The second-order valence-electron chi connectivity index (χ2n) is 3.34. The predicted octanol–water partition coefficient (Wildman–Crippen LogP) is 2.67. The minimum absolute atomic E-state index is 0.525. The monoisotopic (exact) mass is 172 g/mol. The van der Waals surface area contributed by atoms with Crippen molar-refractivity contribution in [3.05, 3.63) is 0 Å². The maximum atomic E-state index is 11.2. The van der Waals surface area contributed by atoms with Gasteiger partial charge in [0.15, 0.2) is 0 Å². The summed E-state index contributed by atoms with van der Waals surface area (Å²) in [5.41, 5.74) is 0. The van der Waals surface area contributed by atoms with Crippen molar-refractivity contribution in [2.45, 2.75) is 52.7 Å². The molecule has 73 valence electrons. The Morgan fingerprint density at radius 1 is 1.08 bits per heavy atom. The summed E-state index contributed by atoms with van der Waals surface area (Å²) in [7, 11) is 0. The van der Waals surface area contributed by atoms with Gasteiger partial charge in [0.1, 0.15) is 6.23 Å². The van der Waals surface area contributed by atoms with Crippen LogP contribution in [0.5, 0.6) is 0 Å². The molecule has 0 bridgehead atoms. The van der Waals surface area contributed by atoms with Gasteiger partial charge in [0.2, 0.25) is 0 Å². The average molecular weight is 172 g/mol. The van der Waals surface area contributed by atoms with Gasteiger partial charge in [-0.25, -0.2) is 5.11 Å². The zero-order chi connectivity index (χ0) is 9.40. The summed E-state index contributed by atoms with van der Waals surface area (Å²) in [6.07, 6.45) is 4.13. The molecule has 0 heterocycles. The second-order valence-corrected chi connectivity index (χ2v) is 3.34. The number of unbranched alkanes of at least 4 members (excludes halogenated alkanes) is 2. The predicted molar refractivity (Wildman–Crippen MR) is 51.5 cm³/mol. The van der Waals surface area contributed by atoms with Crippen LogP contribution in [0.4, 0.5) is 0 Å². The van der Waals surface area contributed by atoms with Crippen molar-refractivity contribution in [3.8, 4) is 0 Å². The van der Waals surface area contributed by atoms with Gasteiger partial charge < -0.3 is 0 Å². The molecule has 0 N–H and O–H groups in total. The highest BCUT2D eigenvalue weighted by Crippen LogP contribution is 2.02. The lowest BCUT2D eigenvalue weighted by atomic mass is 10.2. The van der Waals surface area contributed by atoms with Gasteiger partial charge in [-0.15, -0.1) is 0 Å². The van der Waals surface area contributed by atoms with E-state index in [0.717, 1.165) is 25.9 Å². The van der Waals surface area contributed by atoms with Gasteiger partial charge in [-0.2, -0.15) is 0 Å². The lowest BCUT2D eigenvalue weighted by Gasteiger charge is -2.23. The van der Waals surface area contributed by atoms with Crippen molar-refractivity contribution in [2.75, 3.05) is 13.1 Å². The fraction of sp³-hybridized carbons (Fsp3) is 1.00. The van der Waals surface area contributed by atoms with E-state index in [2.05, 4.69) is 13.8 Å². The summed E-state index contributed by atoms with van der Waals surface area (Å²) < 4.78 is 0. The zero-order valence-corrected chi connectivity index (χ0v) is 8.68. The van der Waals surface area contributed by atoms with E-state index >= 15 is 0 Å². The van der Waals surface area contributed by atoms with Gasteiger partial charge in [-0.1, -0.05) is 26.7 Å². The summed E-state index contributed by atoms with van der Waals surface area (Å²) in [5, 5.41) is 11.2. The Hall–Kier alpha value is -0.0800. The first-order chi connectivity index (χ1) is 5.72. The number of hydrogen-bond donors (Lipinski definition) is 0. The highest BCUT2D eigenvalue weighted by atomic mass is 16.3. The van der Waals surface area contributed by atoms with Gasteiger partial charge >= 0.3 is 0 Å². The van der Waals surface area contributed by atoms with Gasteiger partial charge in [0, 0.05) is 13.1 Å². The molecule has 0 aliphatic heterocycles. The smallest absolute Gasteiger partial charge is 0.143 e. The quantitative estimate of drug-likeness (QED) is 0.541. The van der Waals surface area contributed by atoms with E-state index in [-0.39, 0.29) is 0 Å². The van der Waals surface area contributed by atoms with Crippen molar-refractivity contribution >= 4 is 0 Å². The fourth-order valence-electron chi connectivity index (χ4n) is 1.20. The minimum Gasteiger partial charge on any atom is -0.276 e. The third kappa shape index (κ3) is 5.56. The average Bonchev–Trinajstić information content (AvgIpc) is 2.04. The third-order valence-corrected chi connectivity index (χ3v) is 2.11. The van der Waals surface area contributed by atoms with Crippen LogP contribution in [0.3, 0.4) is 0 Å². The Morgan fingerprint density at radius 2 is 1.50 bits per heavy atom. The van der Waals surface area contributed by atoms with Crippen LogP contribution in [0.25, 0.3) is 0 Å². The number of hydrogen-bond acceptors (Lipinski definition) is 1. The maximum Gasteiger partial charge on any atom is 0.143 e. The van der Waals surface area contributed by atoms with E-state index in [1.54, 1.807) is 6.92 Å². The Kier molecular flexibility index (Phi) is 7.51. The first kappa shape index (κ1) is 11.9. The van der Waals surface area contributed by atoms with E-state index < -0.39 is 6.23 Å². The molecule has 0 aliphatic rings. The summed E-state index contributed by atoms with van der Waals surface area (Å²) in [4.78, 5) is 2.03. The molecule has 0 aliphatic carbocycles. The molecule has 0 rings (SSSR count). The van der Waals surface area contributed by atoms with Crippen LogP contribution >= 0.6 is 0 Å². The van der Waals surface area contributed by atoms with Crippen molar-refractivity contribution in [3.63, 3.8) is 0 Å². The van der Waals surface area contributed by atoms with Gasteiger partial charge in [0.05, 0.1) is 0 Å². The van der Waals surface area contributed by atoms with Crippen molar-refractivity contribution in [1.29, 1.82) is 0 Å². The molecule has 0 aromatic rings. The molecule has 0 amide bonds. The van der Waals surface area contributed by atoms with E-state index in [1.165, 1.54) is 12.8 Å². The van der Waals surface area contributed by atoms with E-state index in [9.17, 15) is 5.11 Å². The molecule has 2 nitrogen and oxygen atoms in total. The Balaban J connectivity index is 3.55. The Labute approximate surface area is 76.6 Å². The number of rotatable bonds is 7. The van der Waals surface area contributed by atoms with Crippen molar-refractivity contribution < 1.29 is 5.11 Å². The zero-order valence-electron chi connectivity index (χ0n) is 8.68. The molecule has 0 saturated carbocycles. The molecule has 12 heavy (non-hydrogen) atoms. The van der Waals surface area contributed by atoms with Gasteiger partial charge in [0.25, 0.3) is 0 Å². The minimum atomic E-state index is -0.525. The number of nitrogens with zero attached hydrogens (tertiary/aromatic N) is 1. The van der Waals surface area contributed by atoms with E-state index in [1.807, 2.05) is 4.90 Å². The topological polar surface area (TPSA) is 23.1 Å². The first-order valence-corrected chi connectivity index (χ1v) is 5.12. The molecular formula is C10H22NO. The van der Waals surface area contributed by atoms with Crippen LogP contribution in [-0.2, 0) is 5.11 Å². The summed E-state index contributed by atoms with van der Waals surface area (Å²) in [5.74, 6) is 0. The van der Waals surface area contributed by atoms with Crippen LogP contribution in [0.15, 0.2) is 0 Å². The van der Waals surface area contributed by atoms with Crippen LogP contribution < -0.4 is 0 Å². The standard InChI is InChI=1S/C10H22NO/c1-4-6-8-11(10(3)12)9-7-5-2/h10H,4-9H2,1-3H3. The molecule has 1 unspecified atom stereocenters. The van der Waals surface area contributed by atoms with E-state index in [4.69, 9.17) is 0 Å². The normalized spacial score (nSPS) is 13.8. The molecule has 0 aromatic heterocycles. The maximum absolute atomic E-state index is 11.2. The molecule has 1 radical (unpaired) electrons. The highest BCUT2D eigenvalue weighted by Gasteiger charge is 2.09. The first-order valence-electron chi connectivity index (χ1n) is 5.12. The lowest BCUT2D eigenvalue weighted by Crippen LogP contribution is -2.33. The second kappa shape index (κ2) is 7.56. The van der Waals surface area contributed by atoms with Crippen LogP contribution in [-0.4, -0.2) is 24.2 Å². The fourth-order valence-corrected chi connectivity index (χ4v) is 1.20. The molecule has 0 spiro atoms. The molecule has 0 saturated heterocycles. The van der Waals surface area contributed by atoms with Crippen molar-refractivity contribution in [1.82, 2.24) is 4.90 Å². The summed E-state index contributed by atoms with van der Waals surface area (Å²) in [6.45, 7) is 8.01. The summed E-state index contributed by atoms with van der Waals surface area (Å²) >= 11 is 0. The van der Waals surface area contributed by atoms with Crippen LogP contribution in [0, 0.1) is 0 Å². The Morgan fingerprint density at radius 3 is 1.75 bits per heavy atom. The van der Waals surface area contributed by atoms with Gasteiger partial charge in [-0.05, 0) is 19.8 Å².